The number of hydrogen-bond acceptors (Lipinski definition) is 14. The molecule has 0 bridgehead atoms. The smallest absolute Gasteiger partial charge is 0.382 e. The van der Waals surface area contributed by atoms with Gasteiger partial charge in [0.05, 0.1) is 22.1 Å². The van der Waals surface area contributed by atoms with E-state index in [0.717, 1.165) is 20.9 Å². The first-order valence-electron chi connectivity index (χ1n) is 15.5. The number of imidazole rings is 2. The number of rotatable bonds is 7. The van der Waals surface area contributed by atoms with Gasteiger partial charge in [-0.15, -0.1) is 5.06 Å². The number of carboxylic acids is 1. The van der Waals surface area contributed by atoms with Gasteiger partial charge in [-0.05, 0) is 11.1 Å². The molecule has 0 aliphatic carbocycles. The first-order valence-corrected chi connectivity index (χ1v) is 17.2. The lowest BCUT2D eigenvalue weighted by Crippen LogP contribution is -2.32. The Balaban J connectivity index is 0.000000155. The predicted octanol–water partition coefficient (Wildman–Crippen LogP) is 4.44. The Morgan fingerprint density at radius 2 is 1.06 bits per heavy atom. The highest BCUT2D eigenvalue weighted by Gasteiger charge is 2.34. The van der Waals surface area contributed by atoms with Crippen LogP contribution in [-0.4, -0.2) is 85.1 Å². The topological polar surface area (TPSA) is 220 Å². The molecule has 8 rings (SSSR count). The molecule has 0 spiro atoms. The molecule has 2 aromatic carbocycles. The molecular weight excluding hydrogens is 729 g/mol. The fraction of sp³-hybridized carbons (Fsp3) is 0.118. The lowest BCUT2D eigenvalue weighted by molar-refractivity contribution is -0.173. The summed E-state index contributed by atoms with van der Waals surface area (Å²) in [6.07, 6.45) is 9.32. The molecule has 2 N–H and O–H groups in total. The van der Waals surface area contributed by atoms with Gasteiger partial charge in [0.25, 0.3) is 23.6 Å². The third-order valence-corrected chi connectivity index (χ3v) is 9.52. The number of benzene rings is 2. The van der Waals surface area contributed by atoms with Crippen molar-refractivity contribution in [2.75, 3.05) is 0 Å². The number of aromatic carboxylic acids is 1. The molecular formula is C34H26N8O9S2. The maximum atomic E-state index is 12.4. The van der Waals surface area contributed by atoms with Crippen molar-refractivity contribution >= 4 is 58.2 Å². The molecule has 0 radical (unpaired) electrons. The van der Waals surface area contributed by atoms with Crippen molar-refractivity contribution in [1.82, 2.24) is 39.2 Å². The van der Waals surface area contributed by atoms with Crippen LogP contribution in [0.25, 0.3) is 31.1 Å². The normalized spacial score (nSPS) is 13.8. The van der Waals surface area contributed by atoms with E-state index in [0.29, 0.717) is 15.3 Å². The highest BCUT2D eigenvalue weighted by molar-refractivity contribution is 7.17. The van der Waals surface area contributed by atoms with Gasteiger partial charge in [0.1, 0.15) is 12.7 Å². The minimum Gasteiger partial charge on any atom is -0.477 e. The first-order chi connectivity index (χ1) is 25.6. The molecule has 2 aliphatic heterocycles. The zero-order valence-electron chi connectivity index (χ0n) is 27.2. The quantitative estimate of drug-likeness (QED) is 0.170. The molecule has 19 heteroatoms. The van der Waals surface area contributed by atoms with Crippen LogP contribution in [0.3, 0.4) is 0 Å². The average Bonchev–Trinajstić information content (AvgIpc) is 4.04. The van der Waals surface area contributed by atoms with E-state index in [9.17, 15) is 28.8 Å². The Kier molecular flexibility index (Phi) is 11.0. The van der Waals surface area contributed by atoms with Gasteiger partial charge in [-0.2, -0.15) is 5.06 Å². The fourth-order valence-electron chi connectivity index (χ4n) is 4.78. The molecule has 6 heterocycles. The van der Waals surface area contributed by atoms with E-state index in [1.807, 2.05) is 60.7 Å². The van der Waals surface area contributed by atoms with Gasteiger partial charge in [0.2, 0.25) is 0 Å². The van der Waals surface area contributed by atoms with Crippen molar-refractivity contribution in [3.63, 3.8) is 0 Å². The van der Waals surface area contributed by atoms with Crippen molar-refractivity contribution in [3.8, 4) is 31.1 Å². The van der Waals surface area contributed by atoms with Crippen molar-refractivity contribution in [2.45, 2.75) is 25.7 Å². The number of hydrogen-bond donors (Lipinski definition) is 2. The van der Waals surface area contributed by atoms with Crippen LogP contribution >= 0.6 is 22.7 Å². The average molecular weight is 755 g/mol. The first kappa shape index (κ1) is 36.1. The fourth-order valence-corrected chi connectivity index (χ4v) is 6.59. The van der Waals surface area contributed by atoms with Crippen LogP contribution in [0.4, 0.5) is 0 Å². The molecule has 2 saturated heterocycles. The third-order valence-electron chi connectivity index (χ3n) is 7.43. The number of thiazole rings is 2. The lowest BCUT2D eigenvalue weighted by Gasteiger charge is -2.12. The monoisotopic (exact) mass is 754 g/mol. The van der Waals surface area contributed by atoms with E-state index >= 15 is 0 Å². The van der Waals surface area contributed by atoms with Gasteiger partial charge in [0.15, 0.2) is 21.7 Å². The van der Waals surface area contributed by atoms with Gasteiger partial charge in [0, 0.05) is 38.1 Å². The molecule has 4 aromatic heterocycles. The zero-order valence-corrected chi connectivity index (χ0v) is 28.8. The molecule has 2 aliphatic rings. The number of nitrogens with zero attached hydrogens (tertiary/aromatic N) is 8. The predicted molar refractivity (Wildman–Crippen MR) is 186 cm³/mol. The van der Waals surface area contributed by atoms with Gasteiger partial charge < -0.3 is 9.94 Å². The van der Waals surface area contributed by atoms with Gasteiger partial charge in [-0.1, -0.05) is 83.3 Å². The van der Waals surface area contributed by atoms with Crippen LogP contribution in [0.2, 0.25) is 0 Å². The number of aromatic nitrogens is 6. The summed E-state index contributed by atoms with van der Waals surface area (Å²) in [6, 6.07) is 19.5. The number of carbonyl (C=O) groups is 6. The maximum Gasteiger partial charge on any atom is 0.382 e. The minimum absolute atomic E-state index is 0.0400. The molecule has 4 amide bonds. The van der Waals surface area contributed by atoms with E-state index in [4.69, 9.17) is 15.2 Å². The minimum atomic E-state index is -1.02. The molecule has 53 heavy (non-hydrogen) atoms. The van der Waals surface area contributed by atoms with Gasteiger partial charge in [-0.25, -0.2) is 29.5 Å². The highest BCUT2D eigenvalue weighted by Crippen LogP contribution is 2.30. The van der Waals surface area contributed by atoms with Crippen LogP contribution in [-0.2, 0) is 24.0 Å². The summed E-state index contributed by atoms with van der Waals surface area (Å²) in [5.41, 5.74) is 2.25. The zero-order chi connectivity index (χ0) is 37.5. The summed E-state index contributed by atoms with van der Waals surface area (Å²) < 4.78 is 2.93. The SMILES string of the molecule is O=C(O)c1cncn1-c1ncc(-c2ccccc2)s1.O=C(ON1C(=O)CCC1=O)c1cncn1-c1ncc(-c2ccccc2)s1.O=C1CCC(=O)N1O. The van der Waals surface area contributed by atoms with Crippen LogP contribution in [0, 0.1) is 0 Å². The standard InChI is InChI=1S/C17H12N4O4S.C13H9N3O2S.C4H5NO3/c22-14-6-7-15(23)21(14)25-16(24)12-8-18-10-20(12)17-19-9-13(26-17)11-4-2-1-3-5-11;17-12(18)10-6-14-8-16(10)13-15-7-11(19-13)9-4-2-1-3-5-9;6-3-1-2-4(7)5(3)8/h1-5,8-10H,6-7H2;1-8H,(H,17,18);8H,1-2H2. The summed E-state index contributed by atoms with van der Waals surface area (Å²) in [5.74, 6) is -3.94. The van der Waals surface area contributed by atoms with Gasteiger partial charge in [-0.3, -0.25) is 33.5 Å². The van der Waals surface area contributed by atoms with Crippen LogP contribution in [0.1, 0.15) is 46.7 Å². The molecule has 6 aromatic rings. The molecule has 0 saturated carbocycles. The number of carbonyl (C=O) groups excluding carboxylic acids is 5. The van der Waals surface area contributed by atoms with Crippen molar-refractivity contribution in [1.29, 1.82) is 0 Å². The Labute approximate surface area is 306 Å². The summed E-state index contributed by atoms with van der Waals surface area (Å²) in [6.45, 7) is 0. The number of amides is 4. The Morgan fingerprint density at radius 3 is 1.49 bits per heavy atom. The number of imide groups is 2. The molecule has 0 unspecified atom stereocenters. The molecule has 2 fully saturated rings. The summed E-state index contributed by atoms with van der Waals surface area (Å²) in [5, 5.41) is 19.2. The summed E-state index contributed by atoms with van der Waals surface area (Å²) in [7, 11) is 0. The largest absolute Gasteiger partial charge is 0.477 e. The summed E-state index contributed by atoms with van der Waals surface area (Å²) in [4.78, 5) is 90.3. The molecule has 268 valence electrons. The number of hydroxylamine groups is 4. The Bertz CT molecular complexity index is 2270. The van der Waals surface area contributed by atoms with E-state index in [-0.39, 0.29) is 42.1 Å². The number of carboxylic acid groups (broad SMARTS) is 1. The Hall–Kier alpha value is -6.70. The second-order valence-electron chi connectivity index (χ2n) is 10.9. The van der Waals surface area contributed by atoms with Crippen molar-refractivity contribution in [2.24, 2.45) is 0 Å². The lowest BCUT2D eigenvalue weighted by atomic mass is 10.2. The Morgan fingerprint density at radius 1 is 0.623 bits per heavy atom. The van der Waals surface area contributed by atoms with Crippen molar-refractivity contribution < 1.29 is 43.9 Å². The van der Waals surface area contributed by atoms with E-state index < -0.39 is 35.6 Å². The van der Waals surface area contributed by atoms with Gasteiger partial charge >= 0.3 is 11.9 Å². The van der Waals surface area contributed by atoms with Crippen LogP contribution < -0.4 is 0 Å². The second kappa shape index (κ2) is 16.1. The second-order valence-corrected chi connectivity index (χ2v) is 12.9. The van der Waals surface area contributed by atoms with E-state index in [2.05, 4.69) is 19.9 Å². The van der Waals surface area contributed by atoms with Crippen LogP contribution in [0.5, 0.6) is 0 Å². The van der Waals surface area contributed by atoms with E-state index in [1.54, 1.807) is 12.4 Å². The summed E-state index contributed by atoms with van der Waals surface area (Å²) >= 11 is 2.80. The third kappa shape index (κ3) is 8.28. The molecule has 0 atom stereocenters. The molecule has 17 nitrogen and oxygen atoms in total. The van der Waals surface area contributed by atoms with E-state index in [1.165, 1.54) is 56.9 Å². The van der Waals surface area contributed by atoms with Crippen molar-refractivity contribution in [3.05, 3.63) is 109 Å². The maximum absolute atomic E-state index is 12.4. The highest BCUT2D eigenvalue weighted by atomic mass is 32.1. The van der Waals surface area contributed by atoms with Crippen LogP contribution in [0.15, 0.2) is 98.1 Å².